The first-order chi connectivity index (χ1) is 10.4. The lowest BCUT2D eigenvalue weighted by atomic mass is 10.0. The number of carbonyl (C=O) groups excluding carboxylic acids is 1. The Bertz CT molecular complexity index is 616. The zero-order chi connectivity index (χ0) is 16.2. The Hall–Kier alpha value is -0.920. The predicted molar refractivity (Wildman–Crippen MR) is 90.0 cm³/mol. The molecule has 1 amide bonds. The maximum Gasteiger partial charge on any atom is 0.238 e. The Balaban J connectivity index is 2.01. The van der Waals surface area contributed by atoms with Crippen LogP contribution in [0.15, 0.2) is 28.7 Å². The number of hydrogen-bond donors (Lipinski definition) is 1. The van der Waals surface area contributed by atoms with Crippen molar-refractivity contribution in [3.8, 4) is 0 Å². The summed E-state index contributed by atoms with van der Waals surface area (Å²) in [6, 6.07) is 7.05. The first-order valence-corrected chi connectivity index (χ1v) is 9.97. The molecule has 22 heavy (non-hydrogen) atoms. The van der Waals surface area contributed by atoms with Gasteiger partial charge in [-0.1, -0.05) is 28.1 Å². The van der Waals surface area contributed by atoms with Gasteiger partial charge in [0.1, 0.15) is 5.75 Å². The van der Waals surface area contributed by atoms with Gasteiger partial charge >= 0.3 is 0 Å². The Morgan fingerprint density at radius 2 is 1.95 bits per heavy atom. The van der Waals surface area contributed by atoms with Crippen molar-refractivity contribution in [1.29, 1.82) is 0 Å². The van der Waals surface area contributed by atoms with Gasteiger partial charge in [0.25, 0.3) is 0 Å². The van der Waals surface area contributed by atoms with E-state index in [2.05, 4.69) is 15.9 Å². The minimum Gasteiger partial charge on any atom is -0.338 e. The van der Waals surface area contributed by atoms with Crippen molar-refractivity contribution in [3.05, 3.63) is 34.3 Å². The average Bonchev–Trinajstić information content (AvgIpc) is 2.48. The number of likely N-dealkylation sites (tertiary alicyclic amines) is 1. The monoisotopic (exact) mass is 388 g/mol. The van der Waals surface area contributed by atoms with Crippen LogP contribution in [0.2, 0.25) is 0 Å². The largest absolute Gasteiger partial charge is 0.338 e. The number of nitrogens with zero attached hydrogens (tertiary/aromatic N) is 1. The highest BCUT2D eigenvalue weighted by molar-refractivity contribution is 9.10. The lowest BCUT2D eigenvalue weighted by Gasteiger charge is -2.35. The molecule has 5 nitrogen and oxygen atoms in total. The quantitative estimate of drug-likeness (QED) is 0.832. The van der Waals surface area contributed by atoms with Crippen LogP contribution in [0.4, 0.5) is 0 Å². The van der Waals surface area contributed by atoms with Crippen LogP contribution in [0.25, 0.3) is 0 Å². The molecule has 0 bridgehead atoms. The van der Waals surface area contributed by atoms with Crippen molar-refractivity contribution in [2.45, 2.75) is 31.1 Å². The highest BCUT2D eigenvalue weighted by atomic mass is 79.9. The number of piperidine rings is 1. The molecule has 0 spiro atoms. The molecule has 1 aromatic carbocycles. The molecular weight excluding hydrogens is 368 g/mol. The Morgan fingerprint density at radius 3 is 2.59 bits per heavy atom. The third kappa shape index (κ3) is 4.79. The normalized spacial score (nSPS) is 19.2. The van der Waals surface area contributed by atoms with E-state index in [1.807, 2.05) is 0 Å². The van der Waals surface area contributed by atoms with Crippen LogP contribution in [0.5, 0.6) is 0 Å². The van der Waals surface area contributed by atoms with Gasteiger partial charge in [-0.15, -0.1) is 0 Å². The molecule has 0 saturated carbocycles. The van der Waals surface area contributed by atoms with Gasteiger partial charge in [0.2, 0.25) is 5.91 Å². The maximum absolute atomic E-state index is 12.3. The summed E-state index contributed by atoms with van der Waals surface area (Å²) in [7, 11) is -3.48. The minimum absolute atomic E-state index is 0.0240. The summed E-state index contributed by atoms with van der Waals surface area (Å²) < 4.78 is 25.4. The van der Waals surface area contributed by atoms with Gasteiger partial charge in [0.15, 0.2) is 9.84 Å². The Morgan fingerprint density at radius 1 is 1.27 bits per heavy atom. The van der Waals surface area contributed by atoms with E-state index in [1.54, 1.807) is 29.2 Å². The number of benzene rings is 1. The summed E-state index contributed by atoms with van der Waals surface area (Å²) in [6.07, 6.45) is 2.81. The van der Waals surface area contributed by atoms with Gasteiger partial charge in [-0.2, -0.15) is 0 Å². The first-order valence-electron chi connectivity index (χ1n) is 7.36. The Kier molecular flexibility index (Phi) is 6.00. The van der Waals surface area contributed by atoms with Crippen LogP contribution in [-0.4, -0.2) is 44.1 Å². The third-order valence-corrected chi connectivity index (χ3v) is 5.85. The van der Waals surface area contributed by atoms with Crippen LogP contribution in [0, 0.1) is 0 Å². The van der Waals surface area contributed by atoms with Gasteiger partial charge in [0, 0.05) is 23.6 Å². The SMILES string of the molecule is NCC1CCCCN1C(=O)CS(=O)(=O)Cc1ccc(Br)cc1. The summed E-state index contributed by atoms with van der Waals surface area (Å²) in [5, 5.41) is 0. The second-order valence-electron chi connectivity index (χ2n) is 5.63. The topological polar surface area (TPSA) is 80.5 Å². The van der Waals surface area contributed by atoms with Gasteiger partial charge in [-0.05, 0) is 37.0 Å². The number of amides is 1. The van der Waals surface area contributed by atoms with Crippen molar-refractivity contribution in [2.75, 3.05) is 18.8 Å². The molecule has 0 aliphatic carbocycles. The second kappa shape index (κ2) is 7.57. The molecule has 2 rings (SSSR count). The standard InChI is InChI=1S/C15H21BrN2O3S/c16-13-6-4-12(5-7-13)10-22(20,21)11-15(19)18-8-2-1-3-14(18)9-17/h4-7,14H,1-3,8-11,17H2. The highest BCUT2D eigenvalue weighted by Gasteiger charge is 2.28. The number of rotatable bonds is 5. The molecule has 0 radical (unpaired) electrons. The molecule has 7 heteroatoms. The molecule has 1 aliphatic heterocycles. The lowest BCUT2D eigenvalue weighted by Crippen LogP contribution is -2.49. The van der Waals surface area contributed by atoms with Gasteiger partial charge in [0.05, 0.1) is 5.75 Å². The molecule has 1 aliphatic rings. The van der Waals surface area contributed by atoms with Crippen molar-refractivity contribution in [3.63, 3.8) is 0 Å². The third-order valence-electron chi connectivity index (χ3n) is 3.86. The molecule has 1 atom stereocenters. The van der Waals surface area contributed by atoms with E-state index in [4.69, 9.17) is 5.73 Å². The van der Waals surface area contributed by atoms with Crippen LogP contribution >= 0.6 is 15.9 Å². The van der Waals surface area contributed by atoms with Gasteiger partial charge < -0.3 is 10.6 Å². The fourth-order valence-corrected chi connectivity index (χ4v) is 4.34. The highest BCUT2D eigenvalue weighted by Crippen LogP contribution is 2.18. The molecule has 0 aromatic heterocycles. The summed E-state index contributed by atoms with van der Waals surface area (Å²) in [6.45, 7) is 0.993. The second-order valence-corrected chi connectivity index (χ2v) is 8.61. The average molecular weight is 389 g/mol. The van der Waals surface area contributed by atoms with Gasteiger partial charge in [-0.3, -0.25) is 4.79 Å². The molecule has 1 unspecified atom stereocenters. The van der Waals surface area contributed by atoms with Crippen molar-refractivity contribution >= 4 is 31.7 Å². The Labute approximate surface area is 139 Å². The molecular formula is C15H21BrN2O3S. The van der Waals surface area contributed by atoms with E-state index in [-0.39, 0.29) is 17.7 Å². The molecule has 1 heterocycles. The molecule has 2 N–H and O–H groups in total. The van der Waals surface area contributed by atoms with Gasteiger partial charge in [-0.25, -0.2) is 8.42 Å². The van der Waals surface area contributed by atoms with E-state index in [1.165, 1.54) is 0 Å². The number of hydrogen-bond acceptors (Lipinski definition) is 4. The molecule has 122 valence electrons. The first kappa shape index (κ1) is 17.4. The molecule has 1 saturated heterocycles. The number of sulfone groups is 1. The maximum atomic E-state index is 12.3. The number of nitrogens with two attached hydrogens (primary N) is 1. The number of carbonyl (C=O) groups is 1. The fourth-order valence-electron chi connectivity index (χ4n) is 2.73. The van der Waals surface area contributed by atoms with Crippen molar-refractivity contribution in [2.24, 2.45) is 5.73 Å². The van der Waals surface area contributed by atoms with Crippen LogP contribution in [0.3, 0.4) is 0 Å². The van der Waals surface area contributed by atoms with Crippen LogP contribution in [-0.2, 0) is 20.4 Å². The lowest BCUT2D eigenvalue weighted by molar-refractivity contribution is -0.131. The number of halogens is 1. The van der Waals surface area contributed by atoms with Crippen LogP contribution in [0.1, 0.15) is 24.8 Å². The van der Waals surface area contributed by atoms with Crippen LogP contribution < -0.4 is 5.73 Å². The van der Waals surface area contributed by atoms with Crippen molar-refractivity contribution < 1.29 is 13.2 Å². The van der Waals surface area contributed by atoms with E-state index in [0.717, 1.165) is 23.7 Å². The fraction of sp³-hybridized carbons (Fsp3) is 0.533. The molecule has 1 aromatic rings. The predicted octanol–water partition coefficient (Wildman–Crippen LogP) is 1.70. The smallest absolute Gasteiger partial charge is 0.238 e. The van der Waals surface area contributed by atoms with E-state index in [0.29, 0.717) is 18.7 Å². The summed E-state index contributed by atoms with van der Waals surface area (Å²) in [4.78, 5) is 14.0. The zero-order valence-corrected chi connectivity index (χ0v) is 14.8. The summed E-state index contributed by atoms with van der Waals surface area (Å²) in [5.41, 5.74) is 6.37. The summed E-state index contributed by atoms with van der Waals surface area (Å²) in [5.74, 6) is -0.889. The van der Waals surface area contributed by atoms with E-state index < -0.39 is 15.6 Å². The minimum atomic E-state index is -3.48. The van der Waals surface area contributed by atoms with E-state index in [9.17, 15) is 13.2 Å². The van der Waals surface area contributed by atoms with Crippen molar-refractivity contribution in [1.82, 2.24) is 4.90 Å². The summed E-state index contributed by atoms with van der Waals surface area (Å²) >= 11 is 3.31. The van der Waals surface area contributed by atoms with E-state index >= 15 is 0 Å². The molecule has 1 fully saturated rings. The zero-order valence-electron chi connectivity index (χ0n) is 12.4.